The maximum absolute atomic E-state index is 13.0. The van der Waals surface area contributed by atoms with Gasteiger partial charge in [0.15, 0.2) is 0 Å². The first-order valence-corrected chi connectivity index (χ1v) is 8.03. The Morgan fingerprint density at radius 3 is 2.20 bits per heavy atom. The monoisotopic (exact) mass is 350 g/mol. The summed E-state index contributed by atoms with van der Waals surface area (Å²) in [5, 5.41) is 5.46. The molecule has 0 heterocycles. The number of rotatable bonds is 6. The summed E-state index contributed by atoms with van der Waals surface area (Å²) in [6, 6.07) is 14.5. The highest BCUT2D eigenvalue weighted by molar-refractivity contribution is 5.93. The topological polar surface area (TPSA) is 41.1 Å². The van der Waals surface area contributed by atoms with Crippen LogP contribution in [-0.4, -0.2) is 12.5 Å². The maximum Gasteiger partial charge on any atom is 0.418 e. The number of amides is 1. The number of alkyl halides is 3. The van der Waals surface area contributed by atoms with Crippen LogP contribution in [0.4, 0.5) is 18.9 Å². The number of anilines is 1. The first-order chi connectivity index (χ1) is 11.8. The lowest BCUT2D eigenvalue weighted by molar-refractivity contribution is -0.137. The van der Waals surface area contributed by atoms with Gasteiger partial charge in [-0.15, -0.1) is 0 Å². The van der Waals surface area contributed by atoms with Crippen molar-refractivity contribution < 1.29 is 18.0 Å². The average molecular weight is 350 g/mol. The van der Waals surface area contributed by atoms with Crippen molar-refractivity contribution in [3.63, 3.8) is 0 Å². The average Bonchev–Trinajstić information content (AvgIpc) is 2.55. The second kappa shape index (κ2) is 8.16. The molecule has 0 spiro atoms. The van der Waals surface area contributed by atoms with Crippen molar-refractivity contribution >= 4 is 11.6 Å². The predicted molar refractivity (Wildman–Crippen MR) is 92.1 cm³/mol. The van der Waals surface area contributed by atoms with Crippen LogP contribution in [0.3, 0.4) is 0 Å². The van der Waals surface area contributed by atoms with Crippen LogP contribution in [0.2, 0.25) is 0 Å². The van der Waals surface area contributed by atoms with Gasteiger partial charge in [-0.1, -0.05) is 56.3 Å². The Morgan fingerprint density at radius 1 is 1.00 bits per heavy atom. The molecule has 0 aliphatic carbocycles. The van der Waals surface area contributed by atoms with E-state index in [0.29, 0.717) is 0 Å². The minimum Gasteiger partial charge on any atom is -0.324 e. The van der Waals surface area contributed by atoms with Crippen LogP contribution in [0.15, 0.2) is 54.6 Å². The molecule has 0 radical (unpaired) electrons. The van der Waals surface area contributed by atoms with Gasteiger partial charge in [0.25, 0.3) is 0 Å². The highest BCUT2D eigenvalue weighted by Gasteiger charge is 2.33. The smallest absolute Gasteiger partial charge is 0.324 e. The first kappa shape index (κ1) is 19.0. The molecule has 0 aliphatic heterocycles. The minimum absolute atomic E-state index is 0.0650. The van der Waals surface area contributed by atoms with E-state index in [-0.39, 0.29) is 24.2 Å². The molecule has 0 aromatic heterocycles. The lowest BCUT2D eigenvalue weighted by Gasteiger charge is -2.23. The normalized spacial score (nSPS) is 12.9. The standard InChI is InChI=1S/C19H21F3N2O/c1-13(2)18(14-8-4-3-5-9-14)23-12-17(25)24-16-11-7-6-10-15(16)19(20,21)22/h3-11,13,18,23H,12H2,1-2H3,(H,24,25)/t18-/m0/s1. The zero-order valence-electron chi connectivity index (χ0n) is 14.1. The Kier molecular flexibility index (Phi) is 6.20. The minimum atomic E-state index is -4.51. The van der Waals surface area contributed by atoms with Crippen molar-refractivity contribution in [1.29, 1.82) is 0 Å². The largest absolute Gasteiger partial charge is 0.418 e. The van der Waals surface area contributed by atoms with Gasteiger partial charge in [-0.05, 0) is 23.6 Å². The summed E-state index contributed by atoms with van der Waals surface area (Å²) in [6.45, 7) is 3.95. The first-order valence-electron chi connectivity index (χ1n) is 8.03. The fourth-order valence-electron chi connectivity index (χ4n) is 2.64. The molecule has 0 bridgehead atoms. The number of nitrogens with one attached hydrogen (secondary N) is 2. The van der Waals surface area contributed by atoms with Gasteiger partial charge in [-0.3, -0.25) is 4.79 Å². The van der Waals surface area contributed by atoms with Crippen LogP contribution in [0.1, 0.15) is 31.0 Å². The van der Waals surface area contributed by atoms with Crippen molar-refractivity contribution in [2.24, 2.45) is 5.92 Å². The third-order valence-corrected chi connectivity index (χ3v) is 3.81. The summed E-state index contributed by atoms with van der Waals surface area (Å²) in [4.78, 5) is 12.1. The Bertz CT molecular complexity index is 699. The number of halogens is 3. The molecule has 0 saturated carbocycles. The predicted octanol–water partition coefficient (Wildman–Crippen LogP) is 4.63. The van der Waals surface area contributed by atoms with Crippen LogP contribution < -0.4 is 10.6 Å². The third kappa shape index (κ3) is 5.32. The molecular formula is C19H21F3N2O. The summed E-state index contributed by atoms with van der Waals surface area (Å²) in [6.07, 6.45) is -4.51. The summed E-state index contributed by atoms with van der Waals surface area (Å²) in [5.41, 5.74) is -0.0598. The summed E-state index contributed by atoms with van der Waals surface area (Å²) < 4.78 is 38.9. The zero-order valence-corrected chi connectivity index (χ0v) is 14.1. The third-order valence-electron chi connectivity index (χ3n) is 3.81. The molecule has 2 aromatic rings. The molecule has 134 valence electrons. The molecule has 25 heavy (non-hydrogen) atoms. The van der Waals surface area contributed by atoms with E-state index in [1.54, 1.807) is 0 Å². The molecule has 0 saturated heterocycles. The van der Waals surface area contributed by atoms with Crippen molar-refractivity contribution in [1.82, 2.24) is 5.32 Å². The van der Waals surface area contributed by atoms with Gasteiger partial charge in [0.1, 0.15) is 0 Å². The van der Waals surface area contributed by atoms with Gasteiger partial charge < -0.3 is 10.6 Å². The van der Waals surface area contributed by atoms with Gasteiger partial charge in [0.05, 0.1) is 17.8 Å². The van der Waals surface area contributed by atoms with Crippen molar-refractivity contribution in [3.8, 4) is 0 Å². The highest BCUT2D eigenvalue weighted by Crippen LogP contribution is 2.34. The van der Waals surface area contributed by atoms with Crippen LogP contribution >= 0.6 is 0 Å². The van der Waals surface area contributed by atoms with E-state index in [1.807, 2.05) is 44.2 Å². The van der Waals surface area contributed by atoms with Crippen LogP contribution in [0, 0.1) is 5.92 Å². The van der Waals surface area contributed by atoms with E-state index in [2.05, 4.69) is 10.6 Å². The molecular weight excluding hydrogens is 329 g/mol. The van der Waals surface area contributed by atoms with E-state index in [4.69, 9.17) is 0 Å². The van der Waals surface area contributed by atoms with Gasteiger partial charge in [0, 0.05) is 6.04 Å². The number of hydrogen-bond donors (Lipinski definition) is 2. The molecule has 3 nitrogen and oxygen atoms in total. The van der Waals surface area contributed by atoms with Gasteiger partial charge in [0.2, 0.25) is 5.91 Å². The van der Waals surface area contributed by atoms with E-state index in [1.165, 1.54) is 18.2 Å². The van der Waals surface area contributed by atoms with Crippen LogP contribution in [0.25, 0.3) is 0 Å². The van der Waals surface area contributed by atoms with Gasteiger partial charge >= 0.3 is 6.18 Å². The lowest BCUT2D eigenvalue weighted by Crippen LogP contribution is -2.34. The number of carbonyl (C=O) groups excluding carboxylic acids is 1. The van der Waals surface area contributed by atoms with Crippen molar-refractivity contribution in [3.05, 3.63) is 65.7 Å². The second-order valence-electron chi connectivity index (χ2n) is 6.10. The lowest BCUT2D eigenvalue weighted by atomic mass is 9.96. The van der Waals surface area contributed by atoms with E-state index < -0.39 is 17.6 Å². The van der Waals surface area contributed by atoms with Crippen LogP contribution in [-0.2, 0) is 11.0 Å². The quantitative estimate of drug-likeness (QED) is 0.797. The maximum atomic E-state index is 13.0. The fourth-order valence-corrected chi connectivity index (χ4v) is 2.64. The molecule has 2 N–H and O–H groups in total. The fraction of sp³-hybridized carbons (Fsp3) is 0.316. The number of benzene rings is 2. The van der Waals surface area contributed by atoms with Crippen molar-refractivity contribution in [2.45, 2.75) is 26.1 Å². The van der Waals surface area contributed by atoms with E-state index in [0.717, 1.165) is 11.6 Å². The molecule has 2 rings (SSSR count). The Hall–Kier alpha value is -2.34. The van der Waals surface area contributed by atoms with E-state index in [9.17, 15) is 18.0 Å². The molecule has 2 aromatic carbocycles. The summed E-state index contributed by atoms with van der Waals surface area (Å²) in [5.74, 6) is -0.295. The van der Waals surface area contributed by atoms with Gasteiger partial charge in [-0.25, -0.2) is 0 Å². The zero-order chi connectivity index (χ0) is 18.4. The highest BCUT2D eigenvalue weighted by atomic mass is 19.4. The molecule has 0 unspecified atom stereocenters. The SMILES string of the molecule is CC(C)[C@H](NCC(=O)Nc1ccccc1C(F)(F)F)c1ccccc1. The Morgan fingerprint density at radius 2 is 1.60 bits per heavy atom. The van der Waals surface area contributed by atoms with E-state index >= 15 is 0 Å². The molecule has 1 atom stereocenters. The van der Waals surface area contributed by atoms with Gasteiger partial charge in [-0.2, -0.15) is 13.2 Å². The molecule has 0 aliphatic rings. The molecule has 0 fully saturated rings. The number of carbonyl (C=O) groups is 1. The Labute approximate surface area is 145 Å². The molecule has 1 amide bonds. The molecule has 6 heteroatoms. The Balaban J connectivity index is 2.03. The summed E-state index contributed by atoms with van der Waals surface area (Å²) >= 11 is 0. The second-order valence-corrected chi connectivity index (χ2v) is 6.10. The number of para-hydroxylation sites is 1. The number of hydrogen-bond acceptors (Lipinski definition) is 2. The summed E-state index contributed by atoms with van der Waals surface area (Å²) in [7, 11) is 0. The van der Waals surface area contributed by atoms with Crippen molar-refractivity contribution in [2.75, 3.05) is 11.9 Å². The van der Waals surface area contributed by atoms with Crippen LogP contribution in [0.5, 0.6) is 0 Å².